The minimum Gasteiger partial charge on any atom is -0.486 e. The van der Waals surface area contributed by atoms with Crippen LogP contribution in [0, 0.1) is 0 Å². The van der Waals surface area contributed by atoms with Crippen LogP contribution in [0.4, 0.5) is 0 Å². The Morgan fingerprint density at radius 1 is 1.44 bits per heavy atom. The average Bonchev–Trinajstić information content (AvgIpc) is 2.30. The molecular formula is C14H20O2. The molecule has 1 heterocycles. The lowest BCUT2D eigenvalue weighted by atomic mass is 10.0. The van der Waals surface area contributed by atoms with Gasteiger partial charge in [0.15, 0.2) is 5.78 Å². The van der Waals surface area contributed by atoms with Gasteiger partial charge in [-0.05, 0) is 18.6 Å². The van der Waals surface area contributed by atoms with E-state index < -0.39 is 0 Å². The quantitative estimate of drug-likeness (QED) is 0.724. The van der Waals surface area contributed by atoms with Crippen molar-refractivity contribution in [2.24, 2.45) is 0 Å². The van der Waals surface area contributed by atoms with Crippen molar-refractivity contribution in [1.82, 2.24) is 0 Å². The number of ether oxygens (including phenoxy) is 1. The normalized spacial score (nSPS) is 13.1. The molecule has 0 atom stereocenters. The van der Waals surface area contributed by atoms with Crippen molar-refractivity contribution >= 4 is 11.4 Å². The molecule has 0 saturated heterocycles. The van der Waals surface area contributed by atoms with Gasteiger partial charge in [-0.2, -0.15) is 0 Å². The maximum Gasteiger partial charge on any atom is 0.174 e. The highest BCUT2D eigenvalue weighted by atomic mass is 16.5. The van der Waals surface area contributed by atoms with Crippen molar-refractivity contribution in [3.05, 3.63) is 35.9 Å². The van der Waals surface area contributed by atoms with Crippen molar-refractivity contribution in [3.8, 4) is 5.75 Å². The van der Waals surface area contributed by atoms with Gasteiger partial charge in [0.2, 0.25) is 0 Å². The average molecular weight is 220 g/mol. The van der Waals surface area contributed by atoms with Crippen LogP contribution in [0.15, 0.2) is 24.8 Å². The lowest BCUT2D eigenvalue weighted by molar-refractivity contribution is -0.121. The van der Waals surface area contributed by atoms with Gasteiger partial charge in [-0.1, -0.05) is 38.1 Å². The number of carbonyl (C=O) groups excluding carboxylic acids is 1. The number of Topliss-reactive ketones (excluding diaryl/α,β-unsaturated/α-hetero) is 1. The van der Waals surface area contributed by atoms with Gasteiger partial charge in [-0.15, -0.1) is 0 Å². The first-order chi connectivity index (χ1) is 7.66. The molecule has 0 unspecified atom stereocenters. The summed E-state index contributed by atoms with van der Waals surface area (Å²) in [4.78, 5) is 11.1. The summed E-state index contributed by atoms with van der Waals surface area (Å²) in [5.74, 6) is 0.964. The summed E-state index contributed by atoms with van der Waals surface area (Å²) < 4.78 is 5.34. The second kappa shape index (κ2) is 5.50. The fraction of sp³-hybridized carbons (Fsp3) is 0.357. The molecule has 0 spiro atoms. The Hall–Kier alpha value is -1.57. The van der Waals surface area contributed by atoms with E-state index in [4.69, 9.17) is 4.74 Å². The summed E-state index contributed by atoms with van der Waals surface area (Å²) in [7, 11) is 0. The summed E-state index contributed by atoms with van der Waals surface area (Å²) in [6.45, 7) is 10.0. The Kier molecular flexibility index (Phi) is 4.29. The molecule has 0 N–H and O–H groups in total. The van der Waals surface area contributed by atoms with Gasteiger partial charge < -0.3 is 4.74 Å². The van der Waals surface area contributed by atoms with Crippen molar-refractivity contribution in [2.75, 3.05) is 6.61 Å². The number of fused-ring (bicyclic) bond motifs is 1. The van der Waals surface area contributed by atoms with Crippen LogP contribution in [-0.4, -0.2) is 12.4 Å². The lowest BCUT2D eigenvalue weighted by Gasteiger charge is -2.17. The molecule has 0 amide bonds. The molecule has 0 saturated carbocycles. The maximum absolute atomic E-state index is 11.1. The van der Waals surface area contributed by atoms with Gasteiger partial charge in [0.1, 0.15) is 12.4 Å². The van der Waals surface area contributed by atoms with Crippen LogP contribution in [0.2, 0.25) is 0 Å². The predicted octanol–water partition coefficient (Wildman–Crippen LogP) is 3.50. The maximum atomic E-state index is 11.1. The van der Waals surface area contributed by atoms with E-state index in [1.165, 1.54) is 0 Å². The highest BCUT2D eigenvalue weighted by molar-refractivity contribution is 5.84. The Bertz CT molecular complexity index is 411. The summed E-state index contributed by atoms with van der Waals surface area (Å²) >= 11 is 0. The molecule has 0 fully saturated rings. The Morgan fingerprint density at radius 3 is 2.75 bits per heavy atom. The molecule has 2 heteroatoms. The van der Waals surface area contributed by atoms with E-state index in [9.17, 15) is 4.79 Å². The first-order valence-corrected chi connectivity index (χ1v) is 5.60. The number of carbonyl (C=O) groups is 1. The SMILES string of the molecule is C=C(C)c1ccc2c(c1)OCC(=O)C2.CC.[HH]. The van der Waals surface area contributed by atoms with E-state index in [2.05, 4.69) is 6.58 Å². The number of benzene rings is 1. The molecule has 0 radical (unpaired) electrons. The van der Waals surface area contributed by atoms with Crippen LogP contribution in [0.3, 0.4) is 0 Å². The zero-order chi connectivity index (χ0) is 12.1. The van der Waals surface area contributed by atoms with Gasteiger partial charge in [-0.3, -0.25) is 4.79 Å². The number of rotatable bonds is 1. The number of hydrogen-bond acceptors (Lipinski definition) is 2. The van der Waals surface area contributed by atoms with Crippen LogP contribution in [0.5, 0.6) is 5.75 Å². The minimum atomic E-state index is 0. The molecule has 2 rings (SSSR count). The Morgan fingerprint density at radius 2 is 2.12 bits per heavy atom. The first kappa shape index (κ1) is 12.5. The van der Waals surface area contributed by atoms with Gasteiger partial charge in [0.05, 0.1) is 0 Å². The summed E-state index contributed by atoms with van der Waals surface area (Å²) in [6.07, 6.45) is 0.492. The summed E-state index contributed by atoms with van der Waals surface area (Å²) in [5.41, 5.74) is 3.05. The van der Waals surface area contributed by atoms with E-state index in [0.717, 1.165) is 22.4 Å². The van der Waals surface area contributed by atoms with Crippen molar-refractivity contribution in [3.63, 3.8) is 0 Å². The fourth-order valence-corrected chi connectivity index (χ4v) is 1.52. The molecule has 1 aliphatic heterocycles. The van der Waals surface area contributed by atoms with Crippen LogP contribution < -0.4 is 4.74 Å². The standard InChI is InChI=1S/C12H12O2.C2H6.H2/c1-8(2)9-3-4-10-5-11(13)7-14-12(10)6-9;1-2;/h3-4,6H,1,5,7H2,2H3;1-2H3;1H. The topological polar surface area (TPSA) is 26.3 Å². The molecule has 0 aromatic heterocycles. The van der Waals surface area contributed by atoms with E-state index >= 15 is 0 Å². The Labute approximate surface area is 98.4 Å². The van der Waals surface area contributed by atoms with Crippen molar-refractivity contribution < 1.29 is 11.0 Å². The van der Waals surface area contributed by atoms with Gasteiger partial charge in [-0.25, -0.2) is 0 Å². The largest absolute Gasteiger partial charge is 0.486 e. The molecular weight excluding hydrogens is 200 g/mol. The molecule has 1 aromatic carbocycles. The van der Waals surface area contributed by atoms with Gasteiger partial charge >= 0.3 is 0 Å². The van der Waals surface area contributed by atoms with E-state index in [-0.39, 0.29) is 13.8 Å². The lowest BCUT2D eigenvalue weighted by Crippen LogP contribution is -2.20. The van der Waals surface area contributed by atoms with Gasteiger partial charge in [0.25, 0.3) is 0 Å². The smallest absolute Gasteiger partial charge is 0.174 e. The molecule has 1 aliphatic rings. The third-order valence-electron chi connectivity index (χ3n) is 2.34. The van der Waals surface area contributed by atoms with Crippen molar-refractivity contribution in [1.29, 1.82) is 0 Å². The number of allylic oxidation sites excluding steroid dienone is 1. The monoisotopic (exact) mass is 220 g/mol. The zero-order valence-electron chi connectivity index (χ0n) is 10.2. The number of ketones is 1. The van der Waals surface area contributed by atoms with E-state index in [1.807, 2.05) is 39.0 Å². The summed E-state index contributed by atoms with van der Waals surface area (Å²) in [5, 5.41) is 0. The number of hydrogen-bond donors (Lipinski definition) is 0. The third-order valence-corrected chi connectivity index (χ3v) is 2.34. The third kappa shape index (κ3) is 2.72. The van der Waals surface area contributed by atoms with E-state index in [0.29, 0.717) is 6.42 Å². The van der Waals surface area contributed by atoms with Crippen LogP contribution >= 0.6 is 0 Å². The van der Waals surface area contributed by atoms with Gasteiger partial charge in [0, 0.05) is 13.4 Å². The second-order valence-electron chi connectivity index (χ2n) is 3.61. The molecule has 2 nitrogen and oxygen atoms in total. The Balaban J connectivity index is 0.000000811. The van der Waals surface area contributed by atoms with Crippen LogP contribution in [0.25, 0.3) is 5.57 Å². The van der Waals surface area contributed by atoms with Crippen LogP contribution in [0.1, 0.15) is 33.3 Å². The second-order valence-corrected chi connectivity index (χ2v) is 3.61. The van der Waals surface area contributed by atoms with E-state index in [1.54, 1.807) is 0 Å². The minimum absolute atomic E-state index is 0. The van der Waals surface area contributed by atoms with Crippen molar-refractivity contribution in [2.45, 2.75) is 27.2 Å². The molecule has 16 heavy (non-hydrogen) atoms. The highest BCUT2D eigenvalue weighted by Crippen LogP contribution is 2.26. The molecule has 0 bridgehead atoms. The highest BCUT2D eigenvalue weighted by Gasteiger charge is 2.16. The molecule has 1 aromatic rings. The fourth-order valence-electron chi connectivity index (χ4n) is 1.52. The van der Waals surface area contributed by atoms with Crippen LogP contribution in [-0.2, 0) is 11.2 Å². The zero-order valence-corrected chi connectivity index (χ0v) is 10.2. The summed E-state index contributed by atoms with van der Waals surface area (Å²) in [6, 6.07) is 5.86. The first-order valence-electron chi connectivity index (χ1n) is 5.60. The molecule has 88 valence electrons. The molecule has 0 aliphatic carbocycles. The predicted molar refractivity (Wildman–Crippen MR) is 68.8 cm³/mol.